The van der Waals surface area contributed by atoms with E-state index in [0.29, 0.717) is 17.9 Å². The fourth-order valence-electron chi connectivity index (χ4n) is 1.78. The molecule has 96 valence electrons. The van der Waals surface area contributed by atoms with Gasteiger partial charge in [-0.3, -0.25) is 4.98 Å². The Morgan fingerprint density at radius 1 is 1.29 bits per heavy atom. The normalized spacial score (nSPS) is 13.4. The van der Waals surface area contributed by atoms with E-state index in [9.17, 15) is 0 Å². The van der Waals surface area contributed by atoms with Crippen LogP contribution >= 0.6 is 11.6 Å². The van der Waals surface area contributed by atoms with Crippen LogP contribution in [0.25, 0.3) is 0 Å². The van der Waals surface area contributed by atoms with Gasteiger partial charge in [0, 0.05) is 18.4 Å². The van der Waals surface area contributed by atoms with E-state index in [1.165, 1.54) is 5.56 Å². The Bertz CT molecular complexity index is 337. The molecule has 0 saturated heterocycles. The molecule has 3 heteroatoms. The van der Waals surface area contributed by atoms with Gasteiger partial charge in [-0.1, -0.05) is 39.3 Å². The summed E-state index contributed by atoms with van der Waals surface area (Å²) in [5.74, 6) is 1.25. The molecular formula is C14H23ClN2. The molecule has 17 heavy (non-hydrogen) atoms. The molecule has 1 aromatic heterocycles. The SMILES string of the molecule is CC(C)NCC(Cc1ccncc1Cl)C(C)C. The van der Waals surface area contributed by atoms with Crippen LogP contribution in [0.15, 0.2) is 18.5 Å². The highest BCUT2D eigenvalue weighted by Crippen LogP contribution is 2.21. The van der Waals surface area contributed by atoms with Gasteiger partial charge in [-0.15, -0.1) is 0 Å². The van der Waals surface area contributed by atoms with Crippen molar-refractivity contribution in [1.29, 1.82) is 0 Å². The first kappa shape index (κ1) is 14.5. The van der Waals surface area contributed by atoms with Gasteiger partial charge in [-0.2, -0.15) is 0 Å². The second-order valence-corrected chi connectivity index (χ2v) is 5.65. The maximum absolute atomic E-state index is 6.15. The van der Waals surface area contributed by atoms with Crippen LogP contribution in [0.1, 0.15) is 33.3 Å². The Balaban J connectivity index is 2.64. The van der Waals surface area contributed by atoms with Crippen LogP contribution in [0.5, 0.6) is 0 Å². The van der Waals surface area contributed by atoms with Crippen LogP contribution in [0.2, 0.25) is 5.02 Å². The minimum atomic E-state index is 0.532. The fourth-order valence-corrected chi connectivity index (χ4v) is 1.98. The summed E-state index contributed by atoms with van der Waals surface area (Å²) >= 11 is 6.15. The topological polar surface area (TPSA) is 24.9 Å². The van der Waals surface area contributed by atoms with Crippen LogP contribution in [-0.2, 0) is 6.42 Å². The smallest absolute Gasteiger partial charge is 0.0621 e. The lowest BCUT2D eigenvalue weighted by atomic mass is 9.89. The lowest BCUT2D eigenvalue weighted by Gasteiger charge is -2.23. The molecule has 0 aliphatic carbocycles. The number of nitrogens with one attached hydrogen (secondary N) is 1. The molecule has 1 unspecified atom stereocenters. The summed E-state index contributed by atoms with van der Waals surface area (Å²) in [5.41, 5.74) is 1.20. The predicted octanol–water partition coefficient (Wildman–Crippen LogP) is 3.55. The van der Waals surface area contributed by atoms with Crippen molar-refractivity contribution < 1.29 is 0 Å². The summed E-state index contributed by atoms with van der Waals surface area (Å²) in [7, 11) is 0. The van der Waals surface area contributed by atoms with Gasteiger partial charge < -0.3 is 5.32 Å². The number of aromatic nitrogens is 1. The van der Waals surface area contributed by atoms with Gasteiger partial charge in [0.15, 0.2) is 0 Å². The average molecular weight is 255 g/mol. The zero-order valence-corrected chi connectivity index (χ0v) is 12.0. The molecule has 1 rings (SSSR count). The molecule has 1 atom stereocenters. The third-order valence-corrected chi connectivity index (χ3v) is 3.41. The standard InChI is InChI=1S/C14H23ClN2/c1-10(2)13(8-17-11(3)4)7-12-5-6-16-9-14(12)15/h5-6,9-11,13,17H,7-8H2,1-4H3. The second-order valence-electron chi connectivity index (χ2n) is 5.24. The Labute approximate surface area is 110 Å². The van der Waals surface area contributed by atoms with E-state index in [4.69, 9.17) is 11.6 Å². The molecule has 0 aliphatic rings. The van der Waals surface area contributed by atoms with Gasteiger partial charge in [-0.05, 0) is 36.4 Å². The largest absolute Gasteiger partial charge is 0.314 e. The van der Waals surface area contributed by atoms with Gasteiger partial charge >= 0.3 is 0 Å². The first-order chi connectivity index (χ1) is 8.00. The van der Waals surface area contributed by atoms with Crippen LogP contribution in [0.4, 0.5) is 0 Å². The molecule has 1 N–H and O–H groups in total. The summed E-state index contributed by atoms with van der Waals surface area (Å²) in [4.78, 5) is 4.02. The molecule has 0 spiro atoms. The lowest BCUT2D eigenvalue weighted by molar-refractivity contribution is 0.349. The van der Waals surface area contributed by atoms with E-state index in [0.717, 1.165) is 18.0 Å². The van der Waals surface area contributed by atoms with E-state index in [-0.39, 0.29) is 0 Å². The second kappa shape index (κ2) is 6.97. The maximum Gasteiger partial charge on any atom is 0.0621 e. The zero-order valence-electron chi connectivity index (χ0n) is 11.2. The van der Waals surface area contributed by atoms with E-state index in [2.05, 4.69) is 38.0 Å². The highest BCUT2D eigenvalue weighted by molar-refractivity contribution is 6.31. The Hall–Kier alpha value is -0.600. The molecule has 0 saturated carbocycles. The van der Waals surface area contributed by atoms with Gasteiger partial charge in [0.05, 0.1) is 5.02 Å². The molecule has 0 aliphatic heterocycles. The van der Waals surface area contributed by atoms with Gasteiger partial charge in [0.25, 0.3) is 0 Å². The summed E-state index contributed by atoms with van der Waals surface area (Å²) < 4.78 is 0. The van der Waals surface area contributed by atoms with E-state index in [1.54, 1.807) is 6.20 Å². The van der Waals surface area contributed by atoms with Crippen molar-refractivity contribution in [3.05, 3.63) is 29.0 Å². The van der Waals surface area contributed by atoms with Crippen LogP contribution in [0, 0.1) is 11.8 Å². The lowest BCUT2D eigenvalue weighted by Crippen LogP contribution is -2.32. The van der Waals surface area contributed by atoms with Gasteiger partial charge in [0.2, 0.25) is 0 Å². The van der Waals surface area contributed by atoms with Crippen molar-refractivity contribution in [3.8, 4) is 0 Å². The molecule has 0 amide bonds. The number of nitrogens with zero attached hydrogens (tertiary/aromatic N) is 1. The Morgan fingerprint density at radius 3 is 2.53 bits per heavy atom. The summed E-state index contributed by atoms with van der Waals surface area (Å²) in [6.07, 6.45) is 4.55. The molecular weight excluding hydrogens is 232 g/mol. The van der Waals surface area contributed by atoms with Crippen molar-refractivity contribution in [1.82, 2.24) is 10.3 Å². The van der Waals surface area contributed by atoms with Crippen LogP contribution in [-0.4, -0.2) is 17.6 Å². The Kier molecular flexibility index (Phi) is 5.93. The number of hydrogen-bond donors (Lipinski definition) is 1. The maximum atomic E-state index is 6.15. The first-order valence-electron chi connectivity index (χ1n) is 6.32. The van der Waals surface area contributed by atoms with E-state index in [1.807, 2.05) is 12.3 Å². The van der Waals surface area contributed by atoms with Crippen molar-refractivity contribution in [2.75, 3.05) is 6.54 Å². The number of pyridine rings is 1. The quantitative estimate of drug-likeness (QED) is 0.840. The van der Waals surface area contributed by atoms with Gasteiger partial charge in [0.1, 0.15) is 0 Å². The van der Waals surface area contributed by atoms with Crippen molar-refractivity contribution >= 4 is 11.6 Å². The predicted molar refractivity (Wildman–Crippen MR) is 74.4 cm³/mol. The molecule has 1 aromatic rings. The average Bonchev–Trinajstić information content (AvgIpc) is 2.25. The number of rotatable bonds is 6. The minimum Gasteiger partial charge on any atom is -0.314 e. The number of hydrogen-bond acceptors (Lipinski definition) is 2. The van der Waals surface area contributed by atoms with E-state index >= 15 is 0 Å². The molecule has 0 aromatic carbocycles. The molecule has 2 nitrogen and oxygen atoms in total. The highest BCUT2D eigenvalue weighted by atomic mass is 35.5. The zero-order chi connectivity index (χ0) is 12.8. The van der Waals surface area contributed by atoms with E-state index < -0.39 is 0 Å². The molecule has 0 fully saturated rings. The van der Waals surface area contributed by atoms with Gasteiger partial charge in [-0.25, -0.2) is 0 Å². The van der Waals surface area contributed by atoms with Crippen molar-refractivity contribution in [2.45, 2.75) is 40.2 Å². The van der Waals surface area contributed by atoms with Crippen LogP contribution in [0.3, 0.4) is 0 Å². The highest BCUT2D eigenvalue weighted by Gasteiger charge is 2.15. The first-order valence-corrected chi connectivity index (χ1v) is 6.70. The minimum absolute atomic E-state index is 0.532. The fraction of sp³-hybridized carbons (Fsp3) is 0.643. The number of halogens is 1. The molecule has 1 heterocycles. The third-order valence-electron chi connectivity index (χ3n) is 3.07. The summed E-state index contributed by atoms with van der Waals surface area (Å²) in [6, 6.07) is 2.55. The summed E-state index contributed by atoms with van der Waals surface area (Å²) in [5, 5.41) is 4.29. The Morgan fingerprint density at radius 2 is 2.00 bits per heavy atom. The molecule has 0 radical (unpaired) electrons. The third kappa shape index (κ3) is 5.05. The molecule has 0 bridgehead atoms. The summed E-state index contributed by atoms with van der Waals surface area (Å²) in [6.45, 7) is 9.92. The van der Waals surface area contributed by atoms with Crippen molar-refractivity contribution in [2.24, 2.45) is 11.8 Å². The monoisotopic (exact) mass is 254 g/mol. The van der Waals surface area contributed by atoms with Crippen molar-refractivity contribution in [3.63, 3.8) is 0 Å². The van der Waals surface area contributed by atoms with Crippen LogP contribution < -0.4 is 5.32 Å².